The maximum absolute atomic E-state index is 11.7. The predicted molar refractivity (Wildman–Crippen MR) is 58.8 cm³/mol. The van der Waals surface area contributed by atoms with E-state index in [0.29, 0.717) is 0 Å². The Morgan fingerprint density at radius 3 is 3.00 bits per heavy atom. The molecule has 0 bridgehead atoms. The molecular formula is C8H5ClN4O2S. The Bertz CT molecular complexity index is 517. The van der Waals surface area contributed by atoms with Crippen molar-refractivity contribution in [3.63, 3.8) is 0 Å². The summed E-state index contributed by atoms with van der Waals surface area (Å²) in [6.45, 7) is 0. The van der Waals surface area contributed by atoms with E-state index in [1.807, 2.05) is 0 Å². The van der Waals surface area contributed by atoms with Crippen LogP contribution in [-0.4, -0.2) is 25.8 Å². The third kappa shape index (κ3) is 2.26. The molecule has 2 aromatic rings. The second-order valence-corrected chi connectivity index (χ2v) is 3.93. The number of rotatable bonds is 2. The van der Waals surface area contributed by atoms with Crippen LogP contribution >= 0.6 is 23.1 Å². The van der Waals surface area contributed by atoms with Crippen LogP contribution in [0, 0.1) is 0 Å². The molecule has 1 amide bonds. The molecule has 2 rings (SSSR count). The number of benzene rings is 1. The Kier molecular flexibility index (Phi) is 2.97. The van der Waals surface area contributed by atoms with Crippen molar-refractivity contribution < 1.29 is 9.90 Å². The van der Waals surface area contributed by atoms with Gasteiger partial charge in [-0.2, -0.15) is 0 Å². The minimum absolute atomic E-state index is 0.0371. The van der Waals surface area contributed by atoms with Gasteiger partial charge in [0.05, 0.1) is 10.6 Å². The molecule has 0 fully saturated rings. The summed E-state index contributed by atoms with van der Waals surface area (Å²) in [6.07, 6.45) is 0. The van der Waals surface area contributed by atoms with Crippen molar-refractivity contribution in [1.82, 2.24) is 14.8 Å². The van der Waals surface area contributed by atoms with Gasteiger partial charge in [-0.1, -0.05) is 21.2 Å². The second-order valence-electron chi connectivity index (χ2n) is 2.79. The molecular weight excluding hydrogens is 252 g/mol. The van der Waals surface area contributed by atoms with Gasteiger partial charge in [-0.3, -0.25) is 10.1 Å². The highest BCUT2D eigenvalue weighted by atomic mass is 35.5. The lowest BCUT2D eigenvalue weighted by atomic mass is 10.2. The van der Waals surface area contributed by atoms with Gasteiger partial charge in [-0.05, 0) is 23.4 Å². The Morgan fingerprint density at radius 1 is 1.50 bits per heavy atom. The number of halogens is 1. The normalized spacial score (nSPS) is 10.1. The number of amides is 1. The molecule has 6 nitrogen and oxygen atoms in total. The number of hydrogen-bond donors (Lipinski definition) is 2. The van der Waals surface area contributed by atoms with Crippen LogP contribution in [0.5, 0.6) is 5.75 Å². The zero-order valence-electron chi connectivity index (χ0n) is 7.72. The van der Waals surface area contributed by atoms with Crippen molar-refractivity contribution >= 4 is 34.2 Å². The Morgan fingerprint density at radius 2 is 2.31 bits per heavy atom. The zero-order valence-corrected chi connectivity index (χ0v) is 9.29. The lowest BCUT2D eigenvalue weighted by Crippen LogP contribution is -2.12. The molecule has 0 spiro atoms. The smallest absolute Gasteiger partial charge is 0.259 e. The van der Waals surface area contributed by atoms with Crippen LogP contribution in [-0.2, 0) is 0 Å². The second kappa shape index (κ2) is 4.42. The molecule has 0 saturated carbocycles. The van der Waals surface area contributed by atoms with Crippen molar-refractivity contribution in [2.45, 2.75) is 0 Å². The van der Waals surface area contributed by atoms with Crippen LogP contribution in [0.1, 0.15) is 10.4 Å². The SMILES string of the molecule is O=C(Nc1nnns1)c1cc(O)ccc1Cl. The van der Waals surface area contributed by atoms with E-state index >= 15 is 0 Å². The molecule has 82 valence electrons. The number of carbonyl (C=O) groups is 1. The van der Waals surface area contributed by atoms with Gasteiger partial charge in [-0.15, -0.1) is 0 Å². The van der Waals surface area contributed by atoms with E-state index in [9.17, 15) is 9.90 Å². The summed E-state index contributed by atoms with van der Waals surface area (Å²) in [5.74, 6) is -0.510. The van der Waals surface area contributed by atoms with Crippen molar-refractivity contribution in [3.05, 3.63) is 28.8 Å². The first-order valence-electron chi connectivity index (χ1n) is 4.12. The molecule has 0 radical (unpaired) electrons. The first-order valence-corrected chi connectivity index (χ1v) is 5.27. The molecule has 8 heteroatoms. The quantitative estimate of drug-likeness (QED) is 0.851. The van der Waals surface area contributed by atoms with E-state index in [0.717, 1.165) is 11.5 Å². The number of nitrogens with one attached hydrogen (secondary N) is 1. The minimum atomic E-state index is -0.473. The van der Waals surface area contributed by atoms with Crippen molar-refractivity contribution in [2.24, 2.45) is 0 Å². The first-order chi connectivity index (χ1) is 7.66. The first kappa shape index (κ1) is 10.8. The summed E-state index contributed by atoms with van der Waals surface area (Å²) in [7, 11) is 0. The Hall–Kier alpha value is -1.73. The average Bonchev–Trinajstić information content (AvgIpc) is 2.74. The molecule has 2 N–H and O–H groups in total. The fourth-order valence-electron chi connectivity index (χ4n) is 1.03. The third-order valence-electron chi connectivity index (χ3n) is 1.71. The van der Waals surface area contributed by atoms with Crippen molar-refractivity contribution in [1.29, 1.82) is 0 Å². The molecule has 0 saturated heterocycles. The summed E-state index contributed by atoms with van der Waals surface area (Å²) in [5.41, 5.74) is 0.164. The zero-order chi connectivity index (χ0) is 11.5. The highest BCUT2D eigenvalue weighted by Crippen LogP contribution is 2.22. The summed E-state index contributed by atoms with van der Waals surface area (Å²) >= 11 is 6.76. The van der Waals surface area contributed by atoms with Gasteiger partial charge < -0.3 is 5.11 Å². The van der Waals surface area contributed by atoms with E-state index in [1.54, 1.807) is 0 Å². The number of carbonyl (C=O) groups excluding carboxylic acids is 1. The van der Waals surface area contributed by atoms with Gasteiger partial charge in [0, 0.05) is 11.5 Å². The molecule has 0 aliphatic rings. The van der Waals surface area contributed by atoms with Crippen LogP contribution in [0.2, 0.25) is 5.02 Å². The molecule has 1 aromatic carbocycles. The summed E-state index contributed by atoms with van der Waals surface area (Å²) in [4.78, 5) is 11.7. The lowest BCUT2D eigenvalue weighted by molar-refractivity contribution is 0.102. The van der Waals surface area contributed by atoms with E-state index < -0.39 is 5.91 Å². The number of nitrogens with zero attached hydrogens (tertiary/aromatic N) is 3. The Balaban J connectivity index is 2.24. The number of aromatic nitrogens is 3. The molecule has 0 aliphatic heterocycles. The van der Waals surface area contributed by atoms with E-state index in [2.05, 4.69) is 20.1 Å². The van der Waals surface area contributed by atoms with E-state index in [4.69, 9.17) is 11.6 Å². The van der Waals surface area contributed by atoms with Gasteiger partial charge in [-0.25, -0.2) is 0 Å². The van der Waals surface area contributed by atoms with Gasteiger partial charge in [0.2, 0.25) is 5.13 Å². The van der Waals surface area contributed by atoms with Crippen molar-refractivity contribution in [3.8, 4) is 5.75 Å². The predicted octanol–water partition coefficient (Wildman–Crippen LogP) is 1.54. The van der Waals surface area contributed by atoms with Gasteiger partial charge in [0.15, 0.2) is 0 Å². The third-order valence-corrected chi connectivity index (χ3v) is 2.56. The largest absolute Gasteiger partial charge is 0.508 e. The van der Waals surface area contributed by atoms with Crippen LogP contribution in [0.15, 0.2) is 18.2 Å². The highest BCUT2D eigenvalue weighted by Gasteiger charge is 2.12. The van der Waals surface area contributed by atoms with Gasteiger partial charge in [0.1, 0.15) is 5.75 Å². The number of anilines is 1. The van der Waals surface area contributed by atoms with Crippen LogP contribution in [0.4, 0.5) is 5.13 Å². The number of phenolic OH excluding ortho intramolecular Hbond substituents is 1. The lowest BCUT2D eigenvalue weighted by Gasteiger charge is -2.03. The topological polar surface area (TPSA) is 88.0 Å². The molecule has 1 aromatic heterocycles. The van der Waals surface area contributed by atoms with Crippen molar-refractivity contribution in [2.75, 3.05) is 5.32 Å². The van der Waals surface area contributed by atoms with E-state index in [-0.39, 0.29) is 21.5 Å². The van der Waals surface area contributed by atoms with Gasteiger partial charge >= 0.3 is 0 Å². The minimum Gasteiger partial charge on any atom is -0.508 e. The van der Waals surface area contributed by atoms with Gasteiger partial charge in [0.25, 0.3) is 5.91 Å². The Labute approximate surface area is 99.0 Å². The number of aromatic hydroxyl groups is 1. The molecule has 0 unspecified atom stereocenters. The standard InChI is InChI=1S/C8H5ClN4O2S/c9-6-2-1-4(14)3-5(6)7(15)10-8-11-12-13-16-8/h1-3,14H,(H,10,11,13,15). The number of hydrogen-bond acceptors (Lipinski definition) is 6. The van der Waals surface area contributed by atoms with Crippen LogP contribution in [0.25, 0.3) is 0 Å². The molecule has 0 atom stereocenters. The fraction of sp³-hybridized carbons (Fsp3) is 0. The summed E-state index contributed by atoms with van der Waals surface area (Å²) in [6, 6.07) is 4.10. The van der Waals surface area contributed by atoms with Crippen LogP contribution < -0.4 is 5.32 Å². The van der Waals surface area contributed by atoms with E-state index in [1.165, 1.54) is 18.2 Å². The summed E-state index contributed by atoms with van der Waals surface area (Å²) < 4.78 is 3.49. The molecule has 0 aliphatic carbocycles. The maximum atomic E-state index is 11.7. The highest BCUT2D eigenvalue weighted by molar-refractivity contribution is 7.09. The monoisotopic (exact) mass is 256 g/mol. The average molecular weight is 257 g/mol. The van der Waals surface area contributed by atoms with Crippen LogP contribution in [0.3, 0.4) is 0 Å². The summed E-state index contributed by atoms with van der Waals surface area (Å²) in [5, 5.41) is 19.1. The molecule has 1 heterocycles. The fourth-order valence-corrected chi connectivity index (χ4v) is 1.60. The maximum Gasteiger partial charge on any atom is 0.259 e. The number of phenols is 1. The molecule has 16 heavy (non-hydrogen) atoms.